The first-order chi connectivity index (χ1) is 6.11. The van der Waals surface area contributed by atoms with Gasteiger partial charge in [0.1, 0.15) is 29.0 Å². The monoisotopic (exact) mass is 183 g/mol. The van der Waals surface area contributed by atoms with Crippen molar-refractivity contribution in [3.8, 4) is 11.8 Å². The summed E-state index contributed by atoms with van der Waals surface area (Å²) < 4.78 is 30.6. The number of nitriles is 1. The Balaban J connectivity index is 3.53. The number of nitrogens with zero attached hydrogens (tertiary/aromatic N) is 1. The lowest BCUT2D eigenvalue weighted by atomic mass is 10.1. The highest BCUT2D eigenvalue weighted by molar-refractivity contribution is 5.49. The molecule has 0 fully saturated rings. The normalized spacial score (nSPS) is 9.46. The molecule has 2 nitrogen and oxygen atoms in total. The van der Waals surface area contributed by atoms with E-state index < -0.39 is 11.6 Å². The van der Waals surface area contributed by atoms with Crippen LogP contribution in [0.1, 0.15) is 11.1 Å². The highest BCUT2D eigenvalue weighted by Crippen LogP contribution is 2.27. The van der Waals surface area contributed by atoms with Gasteiger partial charge in [0, 0.05) is 11.6 Å². The molecule has 68 valence electrons. The van der Waals surface area contributed by atoms with E-state index in [1.165, 1.54) is 14.0 Å². The molecule has 0 atom stereocenters. The van der Waals surface area contributed by atoms with Gasteiger partial charge in [0.05, 0.1) is 7.11 Å². The highest BCUT2D eigenvalue weighted by Gasteiger charge is 2.15. The van der Waals surface area contributed by atoms with E-state index in [4.69, 9.17) is 10.00 Å². The fourth-order valence-corrected chi connectivity index (χ4v) is 1.06. The second kappa shape index (κ2) is 3.40. The van der Waals surface area contributed by atoms with E-state index in [-0.39, 0.29) is 16.9 Å². The van der Waals surface area contributed by atoms with Gasteiger partial charge in [-0.15, -0.1) is 0 Å². The van der Waals surface area contributed by atoms with Crippen molar-refractivity contribution in [2.75, 3.05) is 7.11 Å². The molecule has 1 aromatic carbocycles. The topological polar surface area (TPSA) is 33.0 Å². The van der Waals surface area contributed by atoms with Gasteiger partial charge < -0.3 is 4.74 Å². The summed E-state index contributed by atoms with van der Waals surface area (Å²) >= 11 is 0. The molecule has 0 N–H and O–H groups in total. The summed E-state index contributed by atoms with van der Waals surface area (Å²) in [5, 5.41) is 8.55. The third kappa shape index (κ3) is 1.45. The first-order valence-corrected chi connectivity index (χ1v) is 3.54. The molecular weight excluding hydrogens is 176 g/mol. The predicted molar refractivity (Wildman–Crippen MR) is 42.4 cm³/mol. The fourth-order valence-electron chi connectivity index (χ4n) is 1.06. The molecule has 0 bridgehead atoms. The molecule has 0 amide bonds. The van der Waals surface area contributed by atoms with Crippen LogP contribution in [0, 0.1) is 29.9 Å². The van der Waals surface area contributed by atoms with Gasteiger partial charge in [0.25, 0.3) is 0 Å². The summed E-state index contributed by atoms with van der Waals surface area (Å²) in [6.07, 6.45) is 0. The maximum atomic E-state index is 12.9. The second-order valence-electron chi connectivity index (χ2n) is 2.49. The van der Waals surface area contributed by atoms with E-state index in [1.807, 2.05) is 0 Å². The molecule has 0 heterocycles. The largest absolute Gasteiger partial charge is 0.495 e. The van der Waals surface area contributed by atoms with E-state index in [2.05, 4.69) is 0 Å². The van der Waals surface area contributed by atoms with Crippen LogP contribution in [0.4, 0.5) is 8.78 Å². The SMILES string of the molecule is COc1c(C)c(F)cc(F)c1C#N. The van der Waals surface area contributed by atoms with Crippen molar-refractivity contribution < 1.29 is 13.5 Å². The number of benzene rings is 1. The van der Waals surface area contributed by atoms with Crippen LogP contribution in [-0.2, 0) is 0 Å². The summed E-state index contributed by atoms with van der Waals surface area (Å²) in [7, 11) is 1.27. The van der Waals surface area contributed by atoms with Crippen molar-refractivity contribution in [1.29, 1.82) is 5.26 Å². The van der Waals surface area contributed by atoms with Gasteiger partial charge in [0.2, 0.25) is 0 Å². The van der Waals surface area contributed by atoms with Gasteiger partial charge in [-0.2, -0.15) is 5.26 Å². The number of rotatable bonds is 1. The molecule has 0 aliphatic carbocycles. The lowest BCUT2D eigenvalue weighted by Gasteiger charge is -2.07. The number of hydrogen-bond donors (Lipinski definition) is 0. The molecule has 1 rings (SSSR count). The number of hydrogen-bond acceptors (Lipinski definition) is 2. The van der Waals surface area contributed by atoms with E-state index in [9.17, 15) is 8.78 Å². The smallest absolute Gasteiger partial charge is 0.147 e. The maximum absolute atomic E-state index is 12.9. The van der Waals surface area contributed by atoms with E-state index in [1.54, 1.807) is 6.07 Å². The highest BCUT2D eigenvalue weighted by atomic mass is 19.1. The maximum Gasteiger partial charge on any atom is 0.147 e. The first-order valence-electron chi connectivity index (χ1n) is 3.54. The van der Waals surface area contributed by atoms with Crippen molar-refractivity contribution >= 4 is 0 Å². The quantitative estimate of drug-likeness (QED) is 0.668. The van der Waals surface area contributed by atoms with Crippen molar-refractivity contribution in [2.24, 2.45) is 0 Å². The Morgan fingerprint density at radius 1 is 1.38 bits per heavy atom. The average molecular weight is 183 g/mol. The van der Waals surface area contributed by atoms with Gasteiger partial charge in [-0.1, -0.05) is 0 Å². The molecule has 0 unspecified atom stereocenters. The summed E-state index contributed by atoms with van der Waals surface area (Å²) in [6.45, 7) is 1.43. The molecule has 1 aromatic rings. The van der Waals surface area contributed by atoms with Gasteiger partial charge in [-0.05, 0) is 6.92 Å². The van der Waals surface area contributed by atoms with E-state index in [0.29, 0.717) is 6.07 Å². The zero-order valence-corrected chi connectivity index (χ0v) is 7.19. The van der Waals surface area contributed by atoms with Crippen molar-refractivity contribution in [3.63, 3.8) is 0 Å². The van der Waals surface area contributed by atoms with Gasteiger partial charge in [0.15, 0.2) is 0 Å². The van der Waals surface area contributed by atoms with Crippen LogP contribution in [-0.4, -0.2) is 7.11 Å². The van der Waals surface area contributed by atoms with Crippen LogP contribution in [0.2, 0.25) is 0 Å². The number of halogens is 2. The summed E-state index contributed by atoms with van der Waals surface area (Å²) in [5.41, 5.74) is -0.123. The van der Waals surface area contributed by atoms with Crippen LogP contribution in [0.5, 0.6) is 5.75 Å². The van der Waals surface area contributed by atoms with Gasteiger partial charge in [-0.25, -0.2) is 8.78 Å². The van der Waals surface area contributed by atoms with Crippen LogP contribution < -0.4 is 4.74 Å². The van der Waals surface area contributed by atoms with Crippen LogP contribution in [0.15, 0.2) is 6.07 Å². The predicted octanol–water partition coefficient (Wildman–Crippen LogP) is 2.15. The fraction of sp³-hybridized carbons (Fsp3) is 0.222. The van der Waals surface area contributed by atoms with Crippen LogP contribution >= 0.6 is 0 Å². The third-order valence-corrected chi connectivity index (χ3v) is 1.73. The Hall–Kier alpha value is -1.63. The first kappa shape index (κ1) is 9.46. The summed E-state index contributed by atoms with van der Waals surface area (Å²) in [5.74, 6) is -1.66. The molecule has 0 aliphatic rings. The van der Waals surface area contributed by atoms with Crippen molar-refractivity contribution in [1.82, 2.24) is 0 Å². The Bertz CT molecular complexity index is 382. The minimum absolute atomic E-state index is 0.0417. The second-order valence-corrected chi connectivity index (χ2v) is 2.49. The number of ether oxygens (including phenoxy) is 1. The Kier molecular flexibility index (Phi) is 2.47. The number of methoxy groups -OCH3 is 1. The van der Waals surface area contributed by atoms with Crippen LogP contribution in [0.3, 0.4) is 0 Å². The molecule has 0 saturated carbocycles. The zero-order valence-electron chi connectivity index (χ0n) is 7.19. The van der Waals surface area contributed by atoms with Gasteiger partial charge in [-0.3, -0.25) is 0 Å². The van der Waals surface area contributed by atoms with Crippen LogP contribution in [0.25, 0.3) is 0 Å². The summed E-state index contributed by atoms with van der Waals surface area (Å²) in [4.78, 5) is 0. The molecule has 0 radical (unpaired) electrons. The average Bonchev–Trinajstić information content (AvgIpc) is 2.10. The lowest BCUT2D eigenvalue weighted by molar-refractivity contribution is 0.400. The standard InChI is InChI=1S/C9H7F2NO/c1-5-7(10)3-8(11)6(4-12)9(5)13-2/h3H,1-2H3. The Morgan fingerprint density at radius 3 is 2.46 bits per heavy atom. The van der Waals surface area contributed by atoms with Crippen molar-refractivity contribution in [2.45, 2.75) is 6.92 Å². The Labute approximate surface area is 74.4 Å². The van der Waals surface area contributed by atoms with E-state index >= 15 is 0 Å². The third-order valence-electron chi connectivity index (χ3n) is 1.73. The molecule has 0 aromatic heterocycles. The zero-order chi connectivity index (χ0) is 10.0. The van der Waals surface area contributed by atoms with Crippen molar-refractivity contribution in [3.05, 3.63) is 28.8 Å². The summed E-state index contributed by atoms with van der Waals surface area (Å²) in [6, 6.07) is 2.29. The molecular formula is C9H7F2NO. The Morgan fingerprint density at radius 2 is 2.00 bits per heavy atom. The van der Waals surface area contributed by atoms with Gasteiger partial charge >= 0.3 is 0 Å². The minimum Gasteiger partial charge on any atom is -0.495 e. The minimum atomic E-state index is -0.901. The lowest BCUT2D eigenvalue weighted by Crippen LogP contribution is -1.98. The molecule has 4 heteroatoms. The molecule has 0 spiro atoms. The molecule has 0 aliphatic heterocycles. The molecule has 13 heavy (non-hydrogen) atoms. The molecule has 0 saturated heterocycles. The van der Waals surface area contributed by atoms with E-state index in [0.717, 1.165) is 0 Å².